The van der Waals surface area contributed by atoms with E-state index in [0.717, 1.165) is 0 Å². The molecule has 21 heavy (non-hydrogen) atoms. The minimum atomic E-state index is -1.07. The lowest BCUT2D eigenvalue weighted by Gasteiger charge is -2.33. The summed E-state index contributed by atoms with van der Waals surface area (Å²) in [5.41, 5.74) is 0.630. The summed E-state index contributed by atoms with van der Waals surface area (Å²) in [4.78, 5) is 24.9. The average molecular weight is 314 g/mol. The molecule has 0 aliphatic carbocycles. The van der Waals surface area contributed by atoms with Crippen LogP contribution in [0.5, 0.6) is 5.75 Å². The zero-order valence-electron chi connectivity index (χ0n) is 11.5. The van der Waals surface area contributed by atoms with Gasteiger partial charge in [-0.3, -0.25) is 4.79 Å². The average Bonchev–Trinajstić information content (AvgIpc) is 2.47. The summed E-state index contributed by atoms with van der Waals surface area (Å²) in [6.45, 7) is 0.606. The topological polar surface area (TPSA) is 76.1 Å². The van der Waals surface area contributed by atoms with E-state index >= 15 is 0 Å². The van der Waals surface area contributed by atoms with Crippen molar-refractivity contribution in [3.8, 4) is 5.75 Å². The molecule has 2 rings (SSSR count). The Balaban J connectivity index is 2.16. The van der Waals surface area contributed by atoms with Crippen molar-refractivity contribution >= 4 is 23.5 Å². The van der Waals surface area contributed by atoms with Gasteiger partial charge in [-0.25, -0.2) is 4.79 Å². The minimum absolute atomic E-state index is 0.00769. The lowest BCUT2D eigenvalue weighted by atomic mass is 10.1. The predicted molar refractivity (Wildman–Crippen MR) is 75.7 cm³/mol. The van der Waals surface area contributed by atoms with E-state index in [2.05, 4.69) is 0 Å². The Bertz CT molecular complexity index is 548. The number of carbonyl (C=O) groups is 2. The molecule has 0 spiro atoms. The zero-order valence-corrected chi connectivity index (χ0v) is 12.3. The SMILES string of the molecule is COc1ccc(Cl)cc1CC(=O)N1CCOC[C@@H]1C(=O)O. The fourth-order valence-corrected chi connectivity index (χ4v) is 2.45. The van der Waals surface area contributed by atoms with Crippen LogP contribution in [0, 0.1) is 0 Å². The van der Waals surface area contributed by atoms with Gasteiger partial charge in [-0.1, -0.05) is 11.6 Å². The van der Waals surface area contributed by atoms with Crippen molar-refractivity contribution in [1.29, 1.82) is 0 Å². The molecule has 6 nitrogen and oxygen atoms in total. The number of aliphatic carboxylic acids is 1. The van der Waals surface area contributed by atoms with Gasteiger partial charge in [0, 0.05) is 17.1 Å². The van der Waals surface area contributed by atoms with E-state index in [4.69, 9.17) is 26.2 Å². The van der Waals surface area contributed by atoms with Crippen molar-refractivity contribution in [2.24, 2.45) is 0 Å². The molecule has 1 fully saturated rings. The zero-order chi connectivity index (χ0) is 15.4. The molecule has 0 aromatic heterocycles. The van der Waals surface area contributed by atoms with Crippen LogP contribution in [-0.4, -0.2) is 54.8 Å². The van der Waals surface area contributed by atoms with E-state index < -0.39 is 12.0 Å². The molecule has 1 atom stereocenters. The second kappa shape index (κ2) is 6.78. The first kappa shape index (κ1) is 15.6. The van der Waals surface area contributed by atoms with Crippen molar-refractivity contribution < 1.29 is 24.2 Å². The number of carboxylic acid groups (broad SMARTS) is 1. The van der Waals surface area contributed by atoms with Crippen molar-refractivity contribution in [3.63, 3.8) is 0 Å². The monoisotopic (exact) mass is 313 g/mol. The fourth-order valence-electron chi connectivity index (χ4n) is 2.26. The predicted octanol–water partition coefficient (Wildman–Crippen LogP) is 1.20. The molecule has 1 aromatic carbocycles. The van der Waals surface area contributed by atoms with Crippen molar-refractivity contribution in [1.82, 2.24) is 4.90 Å². The lowest BCUT2D eigenvalue weighted by Crippen LogP contribution is -2.53. The number of nitrogens with zero attached hydrogens (tertiary/aromatic N) is 1. The van der Waals surface area contributed by atoms with Crippen LogP contribution in [0.2, 0.25) is 5.02 Å². The number of rotatable bonds is 4. The summed E-state index contributed by atoms with van der Waals surface area (Å²) in [5, 5.41) is 9.64. The summed E-state index contributed by atoms with van der Waals surface area (Å²) in [7, 11) is 1.51. The number of morpholine rings is 1. The van der Waals surface area contributed by atoms with Crippen molar-refractivity contribution in [2.45, 2.75) is 12.5 Å². The second-order valence-corrected chi connectivity index (χ2v) is 5.09. The highest BCUT2D eigenvalue weighted by atomic mass is 35.5. The fraction of sp³-hybridized carbons (Fsp3) is 0.429. The normalized spacial score (nSPS) is 18.4. The van der Waals surface area contributed by atoms with Gasteiger partial charge >= 0.3 is 5.97 Å². The molecule has 0 bridgehead atoms. The highest BCUT2D eigenvalue weighted by molar-refractivity contribution is 6.30. The maximum Gasteiger partial charge on any atom is 0.328 e. The lowest BCUT2D eigenvalue weighted by molar-refractivity contribution is -0.158. The van der Waals surface area contributed by atoms with Crippen LogP contribution in [0.25, 0.3) is 0 Å². The molecule has 1 N–H and O–H groups in total. The molecule has 1 aliphatic rings. The smallest absolute Gasteiger partial charge is 0.328 e. The number of carboxylic acids is 1. The number of hydrogen-bond donors (Lipinski definition) is 1. The molecular formula is C14H16ClNO5. The maximum atomic E-state index is 12.4. The Morgan fingerprint density at radius 2 is 2.29 bits per heavy atom. The van der Waals surface area contributed by atoms with E-state index in [-0.39, 0.29) is 25.5 Å². The first-order chi connectivity index (χ1) is 10.0. The molecule has 114 valence electrons. The molecular weight excluding hydrogens is 298 g/mol. The third kappa shape index (κ3) is 3.65. The number of halogens is 1. The van der Waals surface area contributed by atoms with Crippen molar-refractivity contribution in [2.75, 3.05) is 26.9 Å². The molecule has 1 aromatic rings. The van der Waals surface area contributed by atoms with Gasteiger partial charge in [-0.15, -0.1) is 0 Å². The maximum absolute atomic E-state index is 12.4. The number of ether oxygens (including phenoxy) is 2. The third-order valence-electron chi connectivity index (χ3n) is 3.32. The number of carbonyl (C=O) groups excluding carboxylic acids is 1. The van der Waals surface area contributed by atoms with Gasteiger partial charge in [0.05, 0.1) is 26.7 Å². The molecule has 1 aliphatic heterocycles. The quantitative estimate of drug-likeness (QED) is 0.904. The summed E-state index contributed by atoms with van der Waals surface area (Å²) in [6.07, 6.45) is 0.0352. The Morgan fingerprint density at radius 3 is 2.95 bits per heavy atom. The summed E-state index contributed by atoms with van der Waals surface area (Å²) in [5.74, 6) is -0.805. The van der Waals surface area contributed by atoms with Crippen LogP contribution < -0.4 is 4.74 Å². The summed E-state index contributed by atoms with van der Waals surface area (Å²) < 4.78 is 10.3. The Kier molecular flexibility index (Phi) is 5.03. The van der Waals surface area contributed by atoms with E-state index in [0.29, 0.717) is 22.9 Å². The number of amides is 1. The van der Waals surface area contributed by atoms with Gasteiger partial charge in [0.1, 0.15) is 5.75 Å². The van der Waals surface area contributed by atoms with E-state index in [1.54, 1.807) is 18.2 Å². The van der Waals surface area contributed by atoms with Crippen LogP contribution in [0.1, 0.15) is 5.56 Å². The summed E-state index contributed by atoms with van der Waals surface area (Å²) >= 11 is 5.93. The largest absolute Gasteiger partial charge is 0.496 e. The molecule has 0 unspecified atom stereocenters. The van der Waals surface area contributed by atoms with Gasteiger partial charge in [-0.2, -0.15) is 0 Å². The van der Waals surface area contributed by atoms with Crippen LogP contribution in [-0.2, 0) is 20.7 Å². The molecule has 0 radical (unpaired) electrons. The van der Waals surface area contributed by atoms with E-state index in [1.165, 1.54) is 12.0 Å². The highest BCUT2D eigenvalue weighted by Gasteiger charge is 2.32. The molecule has 7 heteroatoms. The standard InChI is InChI=1S/C14H16ClNO5/c1-20-12-3-2-10(15)6-9(12)7-13(17)16-4-5-21-8-11(16)14(18)19/h2-3,6,11H,4-5,7-8H2,1H3,(H,18,19)/t11-/m1/s1. The molecule has 1 amide bonds. The van der Waals surface area contributed by atoms with Gasteiger partial charge in [0.2, 0.25) is 5.91 Å². The Hall–Kier alpha value is -1.79. The number of hydrogen-bond acceptors (Lipinski definition) is 4. The van der Waals surface area contributed by atoms with Gasteiger partial charge in [0.25, 0.3) is 0 Å². The number of benzene rings is 1. The van der Waals surface area contributed by atoms with E-state index in [9.17, 15) is 9.59 Å². The van der Waals surface area contributed by atoms with Crippen LogP contribution in [0.3, 0.4) is 0 Å². The Morgan fingerprint density at radius 1 is 1.52 bits per heavy atom. The van der Waals surface area contributed by atoms with Crippen LogP contribution in [0.15, 0.2) is 18.2 Å². The first-order valence-corrected chi connectivity index (χ1v) is 6.83. The van der Waals surface area contributed by atoms with Gasteiger partial charge in [-0.05, 0) is 18.2 Å². The molecule has 1 heterocycles. The Labute approximate surface area is 127 Å². The second-order valence-electron chi connectivity index (χ2n) is 4.65. The highest BCUT2D eigenvalue weighted by Crippen LogP contribution is 2.24. The van der Waals surface area contributed by atoms with Gasteiger partial charge in [0.15, 0.2) is 6.04 Å². The first-order valence-electron chi connectivity index (χ1n) is 6.45. The third-order valence-corrected chi connectivity index (χ3v) is 3.55. The molecule has 1 saturated heterocycles. The minimum Gasteiger partial charge on any atom is -0.496 e. The van der Waals surface area contributed by atoms with Crippen LogP contribution >= 0.6 is 11.6 Å². The van der Waals surface area contributed by atoms with Crippen molar-refractivity contribution in [3.05, 3.63) is 28.8 Å². The number of methoxy groups -OCH3 is 1. The molecule has 0 saturated carbocycles. The summed E-state index contributed by atoms with van der Waals surface area (Å²) in [6, 6.07) is 4.05. The van der Waals surface area contributed by atoms with E-state index in [1.807, 2.05) is 0 Å². The van der Waals surface area contributed by atoms with Gasteiger partial charge < -0.3 is 19.5 Å². The van der Waals surface area contributed by atoms with Crippen LogP contribution in [0.4, 0.5) is 0 Å².